The van der Waals surface area contributed by atoms with E-state index in [1.807, 2.05) is 0 Å². The topological polar surface area (TPSA) is 72.2 Å². The highest BCUT2D eigenvalue weighted by molar-refractivity contribution is 6.31. The molecule has 0 atom stereocenters. The number of carbonyl (C=O) groups is 1. The Morgan fingerprint density at radius 1 is 1.44 bits per heavy atom. The second-order valence-corrected chi connectivity index (χ2v) is 4.14. The fraction of sp³-hybridized carbons (Fsp3) is 0.300. The Kier molecular flexibility index (Phi) is 2.78. The normalized spacial score (nSPS) is 14.6. The summed E-state index contributed by atoms with van der Waals surface area (Å²) in [5.41, 5.74) is 0.0551. The van der Waals surface area contributed by atoms with E-state index in [-0.39, 0.29) is 28.2 Å². The van der Waals surface area contributed by atoms with Crippen LogP contribution in [0.25, 0.3) is 0 Å². The van der Waals surface area contributed by atoms with Crippen molar-refractivity contribution in [2.75, 3.05) is 0 Å². The maximum absolute atomic E-state index is 11.6. The van der Waals surface area contributed by atoms with Crippen molar-refractivity contribution in [1.29, 1.82) is 0 Å². The van der Waals surface area contributed by atoms with E-state index in [2.05, 4.69) is 5.32 Å². The van der Waals surface area contributed by atoms with E-state index < -0.39 is 4.92 Å². The third-order valence-electron chi connectivity index (χ3n) is 2.27. The van der Waals surface area contributed by atoms with E-state index in [9.17, 15) is 14.9 Å². The summed E-state index contributed by atoms with van der Waals surface area (Å²) in [5, 5.41) is 13.5. The van der Waals surface area contributed by atoms with Gasteiger partial charge in [-0.15, -0.1) is 0 Å². The van der Waals surface area contributed by atoms with Gasteiger partial charge in [-0.05, 0) is 18.9 Å². The van der Waals surface area contributed by atoms with Crippen LogP contribution in [0.3, 0.4) is 0 Å². The zero-order valence-corrected chi connectivity index (χ0v) is 9.03. The van der Waals surface area contributed by atoms with Crippen LogP contribution in [0.15, 0.2) is 18.2 Å². The van der Waals surface area contributed by atoms with Crippen molar-refractivity contribution < 1.29 is 9.72 Å². The third kappa shape index (κ3) is 2.49. The molecule has 0 saturated heterocycles. The van der Waals surface area contributed by atoms with Crippen LogP contribution < -0.4 is 5.32 Å². The van der Waals surface area contributed by atoms with Gasteiger partial charge in [0.25, 0.3) is 11.6 Å². The number of nitrogens with zero attached hydrogens (tertiary/aromatic N) is 1. The van der Waals surface area contributed by atoms with Gasteiger partial charge in [-0.2, -0.15) is 0 Å². The molecule has 84 valence electrons. The molecule has 1 aliphatic rings. The summed E-state index contributed by atoms with van der Waals surface area (Å²) >= 11 is 5.71. The van der Waals surface area contributed by atoms with E-state index in [0.717, 1.165) is 12.8 Å². The smallest absolute Gasteiger partial charge is 0.271 e. The molecule has 0 unspecified atom stereocenters. The fourth-order valence-corrected chi connectivity index (χ4v) is 1.54. The summed E-state index contributed by atoms with van der Waals surface area (Å²) in [4.78, 5) is 21.6. The standard InChI is InChI=1S/C10H9ClN2O3/c11-7-3-6(4-9(5-7)13(15)16)10(14)12-8-1-2-8/h3-5,8H,1-2H2,(H,12,14). The maximum Gasteiger partial charge on any atom is 0.271 e. The number of nitro groups is 1. The maximum atomic E-state index is 11.6. The van der Waals surface area contributed by atoms with Gasteiger partial charge in [0.05, 0.1) is 4.92 Å². The number of hydrogen-bond donors (Lipinski definition) is 1. The first kappa shape index (κ1) is 10.9. The largest absolute Gasteiger partial charge is 0.349 e. The summed E-state index contributed by atoms with van der Waals surface area (Å²) < 4.78 is 0. The predicted octanol–water partition coefficient (Wildman–Crippen LogP) is 2.14. The average molecular weight is 241 g/mol. The number of benzene rings is 1. The summed E-state index contributed by atoms with van der Waals surface area (Å²) in [7, 11) is 0. The van der Waals surface area contributed by atoms with Crippen LogP contribution in [0.4, 0.5) is 5.69 Å². The van der Waals surface area contributed by atoms with Crippen molar-refractivity contribution in [2.45, 2.75) is 18.9 Å². The molecule has 1 aromatic carbocycles. The molecule has 1 aromatic rings. The molecule has 0 spiro atoms. The van der Waals surface area contributed by atoms with Gasteiger partial charge in [0.15, 0.2) is 0 Å². The molecule has 0 bridgehead atoms. The lowest BCUT2D eigenvalue weighted by atomic mass is 10.2. The van der Waals surface area contributed by atoms with Crippen molar-refractivity contribution in [3.05, 3.63) is 38.9 Å². The lowest BCUT2D eigenvalue weighted by molar-refractivity contribution is -0.384. The van der Waals surface area contributed by atoms with Crippen LogP contribution >= 0.6 is 11.6 Å². The fourth-order valence-electron chi connectivity index (χ4n) is 1.31. The Bertz CT molecular complexity index is 457. The van der Waals surface area contributed by atoms with E-state index >= 15 is 0 Å². The predicted molar refractivity (Wildman–Crippen MR) is 58.6 cm³/mol. The minimum atomic E-state index is -0.570. The minimum Gasteiger partial charge on any atom is -0.349 e. The van der Waals surface area contributed by atoms with Crippen molar-refractivity contribution in [3.8, 4) is 0 Å². The highest BCUT2D eigenvalue weighted by atomic mass is 35.5. The summed E-state index contributed by atoms with van der Waals surface area (Å²) in [6.45, 7) is 0. The van der Waals surface area contributed by atoms with E-state index in [4.69, 9.17) is 11.6 Å². The molecule has 0 heterocycles. The number of rotatable bonds is 3. The Morgan fingerprint density at radius 3 is 2.69 bits per heavy atom. The molecule has 1 saturated carbocycles. The van der Waals surface area contributed by atoms with Crippen LogP contribution in [-0.4, -0.2) is 16.9 Å². The molecular weight excluding hydrogens is 232 g/mol. The van der Waals surface area contributed by atoms with E-state index in [1.165, 1.54) is 18.2 Å². The zero-order valence-electron chi connectivity index (χ0n) is 8.27. The summed E-state index contributed by atoms with van der Waals surface area (Å²) in [6, 6.07) is 4.08. The molecule has 0 aromatic heterocycles. The molecule has 1 aliphatic carbocycles. The molecule has 0 radical (unpaired) electrons. The van der Waals surface area contributed by atoms with Gasteiger partial charge >= 0.3 is 0 Å². The molecule has 1 amide bonds. The molecule has 6 heteroatoms. The number of amides is 1. The second-order valence-electron chi connectivity index (χ2n) is 3.70. The Labute approximate surface area is 96.6 Å². The van der Waals surface area contributed by atoms with Crippen molar-refractivity contribution in [3.63, 3.8) is 0 Å². The van der Waals surface area contributed by atoms with Crippen molar-refractivity contribution in [1.82, 2.24) is 5.32 Å². The van der Waals surface area contributed by atoms with E-state index in [0.29, 0.717) is 0 Å². The van der Waals surface area contributed by atoms with Crippen LogP contribution in [0.5, 0.6) is 0 Å². The lowest BCUT2D eigenvalue weighted by Gasteiger charge is -2.03. The summed E-state index contributed by atoms with van der Waals surface area (Å²) in [5.74, 6) is -0.312. The van der Waals surface area contributed by atoms with Crippen molar-refractivity contribution >= 4 is 23.2 Å². The number of nitro benzene ring substituents is 1. The quantitative estimate of drug-likeness (QED) is 0.650. The first-order valence-electron chi connectivity index (χ1n) is 4.82. The van der Waals surface area contributed by atoms with Gasteiger partial charge in [-0.3, -0.25) is 14.9 Å². The highest BCUT2D eigenvalue weighted by Crippen LogP contribution is 2.23. The molecular formula is C10H9ClN2O3. The van der Waals surface area contributed by atoms with Gasteiger partial charge in [-0.1, -0.05) is 11.6 Å². The SMILES string of the molecule is O=C(NC1CC1)c1cc(Cl)cc([N+](=O)[O-])c1. The molecule has 1 fully saturated rings. The van der Waals surface area contributed by atoms with Gasteiger partial charge in [-0.25, -0.2) is 0 Å². The number of carbonyl (C=O) groups excluding carboxylic acids is 1. The molecule has 5 nitrogen and oxygen atoms in total. The molecule has 1 N–H and O–H groups in total. The van der Waals surface area contributed by atoms with Gasteiger partial charge in [0.2, 0.25) is 0 Å². The monoisotopic (exact) mass is 240 g/mol. The minimum absolute atomic E-state index is 0.173. The summed E-state index contributed by atoms with van der Waals surface area (Å²) in [6.07, 6.45) is 1.93. The number of nitrogens with one attached hydrogen (secondary N) is 1. The third-order valence-corrected chi connectivity index (χ3v) is 2.49. The first-order valence-corrected chi connectivity index (χ1v) is 5.20. The van der Waals surface area contributed by atoms with Gasteiger partial charge in [0.1, 0.15) is 0 Å². The Morgan fingerprint density at radius 2 is 2.12 bits per heavy atom. The first-order chi connectivity index (χ1) is 7.56. The zero-order chi connectivity index (χ0) is 11.7. The van der Waals surface area contributed by atoms with Crippen LogP contribution in [-0.2, 0) is 0 Å². The van der Waals surface area contributed by atoms with Gasteiger partial charge < -0.3 is 5.32 Å². The van der Waals surface area contributed by atoms with Crippen molar-refractivity contribution in [2.24, 2.45) is 0 Å². The van der Waals surface area contributed by atoms with Crippen LogP contribution in [0, 0.1) is 10.1 Å². The Balaban J connectivity index is 2.24. The van der Waals surface area contributed by atoms with Crippen LogP contribution in [0.1, 0.15) is 23.2 Å². The lowest BCUT2D eigenvalue weighted by Crippen LogP contribution is -2.25. The van der Waals surface area contributed by atoms with Gasteiger partial charge in [0, 0.05) is 28.8 Å². The molecule has 16 heavy (non-hydrogen) atoms. The number of hydrogen-bond acceptors (Lipinski definition) is 3. The highest BCUT2D eigenvalue weighted by Gasteiger charge is 2.24. The second kappa shape index (κ2) is 4.09. The average Bonchev–Trinajstić information content (AvgIpc) is 3.00. The van der Waals surface area contributed by atoms with Crippen LogP contribution in [0.2, 0.25) is 5.02 Å². The number of halogens is 1. The molecule has 0 aliphatic heterocycles. The Hall–Kier alpha value is -1.62. The van der Waals surface area contributed by atoms with E-state index in [1.54, 1.807) is 0 Å². The number of non-ortho nitro benzene ring substituents is 1. The molecule has 2 rings (SSSR count).